The van der Waals surface area contributed by atoms with Crippen LogP contribution < -0.4 is 10.6 Å². The van der Waals surface area contributed by atoms with E-state index in [1.54, 1.807) is 0 Å². The minimum absolute atomic E-state index is 0.174. The third-order valence-corrected chi connectivity index (χ3v) is 5.51. The predicted octanol–water partition coefficient (Wildman–Crippen LogP) is 2.94. The van der Waals surface area contributed by atoms with Gasteiger partial charge in [-0.15, -0.1) is 0 Å². The largest absolute Gasteiger partial charge is 0.356 e. The molecule has 2 N–H and O–H groups in total. The fraction of sp³-hybridized carbons (Fsp3) is 0.545. The van der Waals surface area contributed by atoms with E-state index in [1.807, 2.05) is 38.5 Å². The number of nitrogens with one attached hydrogen (secondary N) is 2. The first kappa shape index (κ1) is 21.3. The molecular weight excluding hydrogens is 367 g/mol. The van der Waals surface area contributed by atoms with Crippen molar-refractivity contribution in [2.24, 2.45) is 4.99 Å². The SMILES string of the molecule is CN=C(NCCCCn1ccnc1C)NC1CCN(Cc2ccc(F)cc2)CC1. The van der Waals surface area contributed by atoms with Gasteiger partial charge in [0.25, 0.3) is 0 Å². The second-order valence-electron chi connectivity index (χ2n) is 7.70. The number of benzene rings is 1. The smallest absolute Gasteiger partial charge is 0.191 e. The van der Waals surface area contributed by atoms with Crippen molar-refractivity contribution in [2.75, 3.05) is 26.7 Å². The van der Waals surface area contributed by atoms with Crippen LogP contribution in [-0.2, 0) is 13.1 Å². The van der Waals surface area contributed by atoms with Gasteiger partial charge < -0.3 is 15.2 Å². The molecule has 2 heterocycles. The van der Waals surface area contributed by atoms with E-state index in [2.05, 4.69) is 30.1 Å². The zero-order chi connectivity index (χ0) is 20.5. The van der Waals surface area contributed by atoms with Crippen LogP contribution in [0.15, 0.2) is 41.7 Å². The summed E-state index contributed by atoms with van der Waals surface area (Å²) in [7, 11) is 1.83. The fourth-order valence-corrected chi connectivity index (χ4v) is 3.73. The van der Waals surface area contributed by atoms with Gasteiger partial charge in [0.15, 0.2) is 5.96 Å². The molecule has 0 radical (unpaired) electrons. The highest BCUT2D eigenvalue weighted by atomic mass is 19.1. The Bertz CT molecular complexity index is 762. The number of aryl methyl sites for hydroxylation is 2. The minimum Gasteiger partial charge on any atom is -0.356 e. The maximum absolute atomic E-state index is 13.0. The molecule has 1 fully saturated rings. The van der Waals surface area contributed by atoms with E-state index in [1.165, 1.54) is 17.7 Å². The Hall–Kier alpha value is -2.41. The maximum atomic E-state index is 13.0. The van der Waals surface area contributed by atoms with E-state index < -0.39 is 0 Å². The van der Waals surface area contributed by atoms with Crippen molar-refractivity contribution < 1.29 is 4.39 Å². The van der Waals surface area contributed by atoms with Gasteiger partial charge in [-0.3, -0.25) is 9.89 Å². The van der Waals surface area contributed by atoms with Crippen LogP contribution in [0.25, 0.3) is 0 Å². The van der Waals surface area contributed by atoms with Crippen LogP contribution >= 0.6 is 0 Å². The topological polar surface area (TPSA) is 57.5 Å². The monoisotopic (exact) mass is 400 g/mol. The molecule has 0 unspecified atom stereocenters. The number of rotatable bonds is 8. The first-order valence-corrected chi connectivity index (χ1v) is 10.6. The molecule has 2 aromatic rings. The van der Waals surface area contributed by atoms with Gasteiger partial charge in [-0.1, -0.05) is 12.1 Å². The van der Waals surface area contributed by atoms with E-state index >= 15 is 0 Å². The van der Waals surface area contributed by atoms with Crippen molar-refractivity contribution in [3.05, 3.63) is 53.9 Å². The lowest BCUT2D eigenvalue weighted by molar-refractivity contribution is 0.198. The zero-order valence-electron chi connectivity index (χ0n) is 17.6. The average molecular weight is 401 g/mol. The quantitative estimate of drug-likeness (QED) is 0.406. The van der Waals surface area contributed by atoms with E-state index in [0.717, 1.165) is 70.2 Å². The Morgan fingerprint density at radius 3 is 2.62 bits per heavy atom. The molecule has 1 aromatic heterocycles. The summed E-state index contributed by atoms with van der Waals surface area (Å²) in [6, 6.07) is 7.27. The molecule has 0 amide bonds. The van der Waals surface area contributed by atoms with Crippen molar-refractivity contribution >= 4 is 5.96 Å². The molecule has 3 rings (SSSR count). The highest BCUT2D eigenvalue weighted by Gasteiger charge is 2.20. The minimum atomic E-state index is -0.174. The summed E-state index contributed by atoms with van der Waals surface area (Å²) in [6.45, 7) is 6.92. The molecule has 29 heavy (non-hydrogen) atoms. The molecular formula is C22H33FN6. The van der Waals surface area contributed by atoms with E-state index in [4.69, 9.17) is 0 Å². The summed E-state index contributed by atoms with van der Waals surface area (Å²) in [6.07, 6.45) is 8.26. The van der Waals surface area contributed by atoms with Gasteiger partial charge in [-0.2, -0.15) is 0 Å². The Labute approximate surface area is 173 Å². The summed E-state index contributed by atoms with van der Waals surface area (Å²) < 4.78 is 15.2. The summed E-state index contributed by atoms with van der Waals surface area (Å²) in [5.74, 6) is 1.79. The number of nitrogens with zero attached hydrogens (tertiary/aromatic N) is 4. The van der Waals surface area contributed by atoms with Gasteiger partial charge in [0.1, 0.15) is 11.6 Å². The third-order valence-electron chi connectivity index (χ3n) is 5.51. The molecule has 1 saturated heterocycles. The number of aliphatic imine (C=N–C) groups is 1. The molecule has 6 nitrogen and oxygen atoms in total. The number of hydrogen-bond donors (Lipinski definition) is 2. The Kier molecular flexibility index (Phi) is 8.04. The van der Waals surface area contributed by atoms with E-state index in [-0.39, 0.29) is 5.82 Å². The van der Waals surface area contributed by atoms with Gasteiger partial charge in [0.2, 0.25) is 0 Å². The third kappa shape index (κ3) is 6.85. The zero-order valence-corrected chi connectivity index (χ0v) is 17.6. The Morgan fingerprint density at radius 1 is 1.21 bits per heavy atom. The predicted molar refractivity (Wildman–Crippen MR) is 115 cm³/mol. The summed E-state index contributed by atoms with van der Waals surface area (Å²) >= 11 is 0. The highest BCUT2D eigenvalue weighted by molar-refractivity contribution is 5.79. The number of hydrogen-bond acceptors (Lipinski definition) is 3. The molecule has 0 bridgehead atoms. The lowest BCUT2D eigenvalue weighted by Crippen LogP contribution is -2.48. The van der Waals surface area contributed by atoms with Crippen molar-refractivity contribution in [3.63, 3.8) is 0 Å². The number of unbranched alkanes of at least 4 members (excludes halogenated alkanes) is 1. The van der Waals surface area contributed by atoms with Crippen LogP contribution in [0, 0.1) is 12.7 Å². The Balaban J connectivity index is 1.31. The van der Waals surface area contributed by atoms with Crippen LogP contribution in [0.3, 0.4) is 0 Å². The van der Waals surface area contributed by atoms with Crippen LogP contribution in [-0.4, -0.2) is 53.1 Å². The van der Waals surface area contributed by atoms with E-state index in [9.17, 15) is 4.39 Å². The number of halogens is 1. The molecule has 158 valence electrons. The van der Waals surface area contributed by atoms with Crippen LogP contribution in [0.5, 0.6) is 0 Å². The molecule has 0 spiro atoms. The number of likely N-dealkylation sites (tertiary alicyclic amines) is 1. The maximum Gasteiger partial charge on any atom is 0.191 e. The van der Waals surface area contributed by atoms with E-state index in [0.29, 0.717) is 6.04 Å². The first-order chi connectivity index (χ1) is 14.1. The van der Waals surface area contributed by atoms with Crippen LogP contribution in [0.4, 0.5) is 4.39 Å². The lowest BCUT2D eigenvalue weighted by atomic mass is 10.0. The second kappa shape index (κ2) is 11.0. The number of aromatic nitrogens is 2. The normalized spacial score (nSPS) is 16.2. The summed E-state index contributed by atoms with van der Waals surface area (Å²) in [4.78, 5) is 11.1. The number of piperidine rings is 1. The van der Waals surface area contributed by atoms with Crippen molar-refractivity contribution in [1.82, 2.24) is 25.1 Å². The van der Waals surface area contributed by atoms with Crippen molar-refractivity contribution in [3.8, 4) is 0 Å². The van der Waals surface area contributed by atoms with Gasteiger partial charge in [-0.05, 0) is 50.3 Å². The number of imidazole rings is 1. The average Bonchev–Trinajstić information content (AvgIpc) is 3.14. The van der Waals surface area contributed by atoms with Crippen molar-refractivity contribution in [2.45, 2.75) is 51.7 Å². The Morgan fingerprint density at radius 2 is 1.97 bits per heavy atom. The fourth-order valence-electron chi connectivity index (χ4n) is 3.73. The molecule has 7 heteroatoms. The molecule has 1 aromatic carbocycles. The van der Waals surface area contributed by atoms with Gasteiger partial charge in [0, 0.05) is 58.2 Å². The lowest BCUT2D eigenvalue weighted by Gasteiger charge is -2.33. The summed E-state index contributed by atoms with van der Waals surface area (Å²) in [5.41, 5.74) is 1.17. The standard InChI is InChI=1S/C22H33FN6/c1-18-25-12-16-29(18)13-4-3-11-26-22(24-2)27-21-9-14-28(15-10-21)17-19-5-7-20(23)8-6-19/h5-8,12,16,21H,3-4,9-11,13-15,17H2,1-2H3,(H2,24,26,27). The second-order valence-corrected chi connectivity index (χ2v) is 7.70. The highest BCUT2D eigenvalue weighted by Crippen LogP contribution is 2.14. The molecule has 0 saturated carbocycles. The summed E-state index contributed by atoms with van der Waals surface area (Å²) in [5, 5.41) is 6.99. The van der Waals surface area contributed by atoms with Gasteiger partial charge >= 0.3 is 0 Å². The van der Waals surface area contributed by atoms with Gasteiger partial charge in [0.05, 0.1) is 0 Å². The molecule has 1 aliphatic rings. The van der Waals surface area contributed by atoms with Crippen LogP contribution in [0.1, 0.15) is 37.1 Å². The number of guanidine groups is 1. The van der Waals surface area contributed by atoms with Crippen LogP contribution in [0.2, 0.25) is 0 Å². The first-order valence-electron chi connectivity index (χ1n) is 10.6. The van der Waals surface area contributed by atoms with Gasteiger partial charge in [-0.25, -0.2) is 9.37 Å². The molecule has 0 atom stereocenters. The molecule has 1 aliphatic heterocycles. The van der Waals surface area contributed by atoms with Crippen molar-refractivity contribution in [1.29, 1.82) is 0 Å². The molecule has 0 aliphatic carbocycles.